The van der Waals surface area contributed by atoms with Gasteiger partial charge in [-0.3, -0.25) is 9.58 Å². The third-order valence-corrected chi connectivity index (χ3v) is 4.50. The third kappa shape index (κ3) is 1.83. The first-order valence-electron chi connectivity index (χ1n) is 5.34. The number of hydrogen-bond acceptors (Lipinski definition) is 3. The molecule has 1 saturated heterocycles. The van der Waals surface area contributed by atoms with E-state index >= 15 is 0 Å². The van der Waals surface area contributed by atoms with Crippen molar-refractivity contribution in [3.05, 3.63) is 18.0 Å². The monoisotopic (exact) mass is 302 g/mol. The number of aromatic nitrogens is 2. The molecule has 1 aliphatic heterocycles. The van der Waals surface area contributed by atoms with E-state index in [4.69, 9.17) is 0 Å². The quantitative estimate of drug-likeness (QED) is 0.598. The highest BCUT2D eigenvalue weighted by molar-refractivity contribution is 9.09. The number of alkyl halides is 1. The van der Waals surface area contributed by atoms with Gasteiger partial charge in [0.1, 0.15) is 5.54 Å². The van der Waals surface area contributed by atoms with Crippen molar-refractivity contribution >= 4 is 22.0 Å². The molecule has 2 N–H and O–H groups in total. The first kappa shape index (κ1) is 12.4. The first-order chi connectivity index (χ1) is 7.98. The molecule has 0 aromatic carbocycles. The van der Waals surface area contributed by atoms with Crippen LogP contribution < -0.4 is 5.32 Å². The van der Waals surface area contributed by atoms with Crippen LogP contribution in [0.3, 0.4) is 0 Å². The molecule has 7 heteroatoms. The molecule has 2 heterocycles. The van der Waals surface area contributed by atoms with E-state index in [1.54, 1.807) is 10.9 Å². The second kappa shape index (κ2) is 4.30. The van der Waals surface area contributed by atoms with Gasteiger partial charge in [0.2, 0.25) is 0 Å². The fraction of sp³-hybridized carbons (Fsp3) is 0.600. The summed E-state index contributed by atoms with van der Waals surface area (Å²) in [6.45, 7) is 2.98. The Labute approximate surface area is 108 Å². The van der Waals surface area contributed by atoms with Gasteiger partial charge in [-0.1, -0.05) is 15.9 Å². The van der Waals surface area contributed by atoms with E-state index in [1.807, 2.05) is 20.0 Å². The molecule has 1 amide bonds. The highest BCUT2D eigenvalue weighted by Gasteiger charge is 2.47. The Hall–Kier alpha value is -1.08. The lowest BCUT2D eigenvalue weighted by Crippen LogP contribution is -2.63. The lowest BCUT2D eigenvalue weighted by atomic mass is 9.93. The second-order valence-electron chi connectivity index (χ2n) is 4.24. The van der Waals surface area contributed by atoms with Crippen molar-refractivity contribution in [2.45, 2.75) is 17.4 Å². The summed E-state index contributed by atoms with van der Waals surface area (Å²) in [6.07, 6.45) is 0.759. The highest BCUT2D eigenvalue weighted by atomic mass is 79.9. The van der Waals surface area contributed by atoms with Crippen molar-refractivity contribution < 1.29 is 9.90 Å². The number of carboxylic acid groups (broad SMARTS) is 1. The van der Waals surface area contributed by atoms with Crippen LogP contribution in [0.2, 0.25) is 0 Å². The maximum atomic E-state index is 11.4. The van der Waals surface area contributed by atoms with Gasteiger partial charge in [-0.05, 0) is 13.0 Å². The number of rotatable bonds is 1. The van der Waals surface area contributed by atoms with Crippen LogP contribution in [0.4, 0.5) is 4.79 Å². The fourth-order valence-corrected chi connectivity index (χ4v) is 3.01. The van der Waals surface area contributed by atoms with Gasteiger partial charge in [-0.25, -0.2) is 4.79 Å². The number of nitrogens with zero attached hydrogens (tertiary/aromatic N) is 3. The molecule has 0 radical (unpaired) electrons. The summed E-state index contributed by atoms with van der Waals surface area (Å²) in [7, 11) is 1.81. The van der Waals surface area contributed by atoms with Crippen LogP contribution in [0.15, 0.2) is 12.3 Å². The number of amides is 1. The Bertz CT molecular complexity index is 436. The van der Waals surface area contributed by atoms with Crippen LogP contribution in [0.1, 0.15) is 12.6 Å². The van der Waals surface area contributed by atoms with E-state index in [1.165, 1.54) is 4.90 Å². The van der Waals surface area contributed by atoms with Gasteiger partial charge in [0.05, 0.1) is 10.6 Å². The molecule has 0 aliphatic carbocycles. The van der Waals surface area contributed by atoms with Gasteiger partial charge in [-0.15, -0.1) is 0 Å². The molecule has 1 aromatic rings. The molecule has 17 heavy (non-hydrogen) atoms. The SMILES string of the molecule is Cn1nccc1C1(C)C(Br)NCCN1C(=O)O. The maximum absolute atomic E-state index is 11.4. The zero-order chi connectivity index (χ0) is 12.6. The fourth-order valence-electron chi connectivity index (χ4n) is 2.30. The molecular weight excluding hydrogens is 288 g/mol. The smallest absolute Gasteiger partial charge is 0.408 e. The Kier molecular flexibility index (Phi) is 3.13. The molecule has 0 saturated carbocycles. The average molecular weight is 303 g/mol. The summed E-state index contributed by atoms with van der Waals surface area (Å²) in [6, 6.07) is 1.84. The van der Waals surface area contributed by atoms with E-state index in [0.717, 1.165) is 5.69 Å². The zero-order valence-corrected chi connectivity index (χ0v) is 11.3. The van der Waals surface area contributed by atoms with Crippen molar-refractivity contribution in [3.63, 3.8) is 0 Å². The zero-order valence-electron chi connectivity index (χ0n) is 9.72. The van der Waals surface area contributed by atoms with Crippen molar-refractivity contribution in [2.75, 3.05) is 13.1 Å². The minimum absolute atomic E-state index is 0.143. The van der Waals surface area contributed by atoms with Gasteiger partial charge in [0, 0.05) is 26.3 Å². The summed E-state index contributed by atoms with van der Waals surface area (Å²) in [5.74, 6) is 0. The highest BCUT2D eigenvalue weighted by Crippen LogP contribution is 2.36. The molecule has 0 bridgehead atoms. The molecule has 1 aliphatic rings. The molecule has 2 rings (SSSR count). The Balaban J connectivity index is 2.49. The first-order valence-corrected chi connectivity index (χ1v) is 6.26. The molecule has 1 aromatic heterocycles. The molecule has 2 atom stereocenters. The van der Waals surface area contributed by atoms with Gasteiger partial charge < -0.3 is 10.4 Å². The second-order valence-corrected chi connectivity index (χ2v) is 5.15. The molecule has 94 valence electrons. The van der Waals surface area contributed by atoms with Crippen LogP contribution in [0.5, 0.6) is 0 Å². The van der Waals surface area contributed by atoms with Gasteiger partial charge >= 0.3 is 6.09 Å². The van der Waals surface area contributed by atoms with Crippen molar-refractivity contribution in [3.8, 4) is 0 Å². The summed E-state index contributed by atoms with van der Waals surface area (Å²) < 4.78 is 1.71. The van der Waals surface area contributed by atoms with E-state index < -0.39 is 11.6 Å². The number of halogens is 1. The van der Waals surface area contributed by atoms with Crippen molar-refractivity contribution in [2.24, 2.45) is 7.05 Å². The predicted molar refractivity (Wildman–Crippen MR) is 66.0 cm³/mol. The molecule has 0 spiro atoms. The van der Waals surface area contributed by atoms with Crippen LogP contribution in [-0.2, 0) is 12.6 Å². The van der Waals surface area contributed by atoms with E-state index in [2.05, 4.69) is 26.3 Å². The lowest BCUT2D eigenvalue weighted by Gasteiger charge is -2.46. The standard InChI is InChI=1S/C10H15BrN4O2/c1-10(7-3-4-13-14(7)2)8(11)12-5-6-15(10)9(16)17/h3-4,8,12H,5-6H2,1-2H3,(H,16,17). The lowest BCUT2D eigenvalue weighted by molar-refractivity contribution is 0.0540. The molecule has 2 unspecified atom stereocenters. The average Bonchev–Trinajstić information content (AvgIpc) is 2.68. The summed E-state index contributed by atoms with van der Waals surface area (Å²) in [4.78, 5) is 12.7. The van der Waals surface area contributed by atoms with E-state index in [-0.39, 0.29) is 4.95 Å². The Morgan fingerprint density at radius 1 is 1.76 bits per heavy atom. The summed E-state index contributed by atoms with van der Waals surface area (Å²) in [5.41, 5.74) is 0.184. The predicted octanol–water partition coefficient (Wildman–Crippen LogP) is 0.940. The minimum atomic E-state index is -0.917. The van der Waals surface area contributed by atoms with Crippen LogP contribution in [0, 0.1) is 0 Å². The van der Waals surface area contributed by atoms with Gasteiger partial charge in [-0.2, -0.15) is 5.10 Å². The number of hydrogen-bond donors (Lipinski definition) is 2. The normalized spacial score (nSPS) is 29.4. The van der Waals surface area contributed by atoms with Crippen LogP contribution in [0.25, 0.3) is 0 Å². The number of aryl methyl sites for hydroxylation is 1. The van der Waals surface area contributed by atoms with Crippen LogP contribution >= 0.6 is 15.9 Å². The number of carbonyl (C=O) groups is 1. The number of nitrogens with one attached hydrogen (secondary N) is 1. The van der Waals surface area contributed by atoms with E-state index in [9.17, 15) is 9.90 Å². The summed E-state index contributed by atoms with van der Waals surface area (Å²) in [5, 5.41) is 16.7. The largest absolute Gasteiger partial charge is 0.465 e. The molecular formula is C10H15BrN4O2. The van der Waals surface area contributed by atoms with Crippen molar-refractivity contribution in [1.29, 1.82) is 0 Å². The topological polar surface area (TPSA) is 70.4 Å². The van der Waals surface area contributed by atoms with Gasteiger partial charge in [0.15, 0.2) is 0 Å². The van der Waals surface area contributed by atoms with E-state index in [0.29, 0.717) is 13.1 Å². The number of piperazine rings is 1. The maximum Gasteiger partial charge on any atom is 0.408 e. The van der Waals surface area contributed by atoms with Crippen molar-refractivity contribution in [1.82, 2.24) is 20.0 Å². The third-order valence-electron chi connectivity index (χ3n) is 3.28. The molecule has 6 nitrogen and oxygen atoms in total. The summed E-state index contributed by atoms with van der Waals surface area (Å²) >= 11 is 3.52. The Morgan fingerprint density at radius 2 is 2.47 bits per heavy atom. The Morgan fingerprint density at radius 3 is 3.00 bits per heavy atom. The van der Waals surface area contributed by atoms with Crippen LogP contribution in [-0.4, -0.2) is 43.9 Å². The van der Waals surface area contributed by atoms with Gasteiger partial charge in [0.25, 0.3) is 0 Å². The molecule has 1 fully saturated rings. The minimum Gasteiger partial charge on any atom is -0.465 e.